The fraction of sp³-hybridized carbons (Fsp3) is 0.0667. The number of hydrogen-bond acceptors (Lipinski definition) is 4. The number of carbonyl (C=O) groups is 2. The Morgan fingerprint density at radius 1 is 1.15 bits per heavy atom. The number of rotatable bonds is 4. The fourth-order valence-corrected chi connectivity index (χ4v) is 2.02. The van der Waals surface area contributed by atoms with Gasteiger partial charge in [0.15, 0.2) is 11.5 Å². The highest BCUT2D eigenvalue weighted by Crippen LogP contribution is 2.28. The number of methoxy groups -OCH3 is 1. The summed E-state index contributed by atoms with van der Waals surface area (Å²) in [4.78, 5) is 22.8. The van der Waals surface area contributed by atoms with Gasteiger partial charge < -0.3 is 9.47 Å². The molecule has 0 aliphatic carbocycles. The zero-order chi connectivity index (χ0) is 14.5. The monoisotopic (exact) mass is 334 g/mol. The van der Waals surface area contributed by atoms with Gasteiger partial charge in [0.1, 0.15) is 6.29 Å². The molecule has 0 N–H and O–H groups in total. The van der Waals surface area contributed by atoms with E-state index in [1.807, 2.05) is 6.07 Å². The number of halogens is 1. The maximum Gasteiger partial charge on any atom is 0.343 e. The molecule has 0 aliphatic heterocycles. The maximum atomic E-state index is 12.0. The molecular weight excluding hydrogens is 324 g/mol. The summed E-state index contributed by atoms with van der Waals surface area (Å²) >= 11 is 3.29. The van der Waals surface area contributed by atoms with E-state index >= 15 is 0 Å². The maximum absolute atomic E-state index is 12.0. The molecule has 2 rings (SSSR count). The largest absolute Gasteiger partial charge is 0.493 e. The number of benzene rings is 2. The molecule has 4 nitrogen and oxygen atoms in total. The molecule has 0 spiro atoms. The Kier molecular flexibility index (Phi) is 4.53. The Bertz CT molecular complexity index is 652. The number of esters is 1. The second kappa shape index (κ2) is 6.34. The standard InChI is InChI=1S/C15H11BrO4/c1-19-13-6-5-10(9-17)7-14(13)20-15(18)11-3-2-4-12(16)8-11/h2-9H,1H3. The zero-order valence-electron chi connectivity index (χ0n) is 10.6. The van der Waals surface area contributed by atoms with E-state index in [1.54, 1.807) is 30.3 Å². The third kappa shape index (κ3) is 3.24. The van der Waals surface area contributed by atoms with Crippen molar-refractivity contribution in [1.82, 2.24) is 0 Å². The van der Waals surface area contributed by atoms with Gasteiger partial charge in [-0.1, -0.05) is 22.0 Å². The van der Waals surface area contributed by atoms with Crippen LogP contribution in [0.4, 0.5) is 0 Å². The molecule has 0 aromatic heterocycles. The molecule has 5 heteroatoms. The normalized spacial score (nSPS) is 9.90. The summed E-state index contributed by atoms with van der Waals surface area (Å²) in [5.41, 5.74) is 0.806. The SMILES string of the molecule is COc1ccc(C=O)cc1OC(=O)c1cccc(Br)c1. The zero-order valence-corrected chi connectivity index (χ0v) is 12.2. The van der Waals surface area contributed by atoms with Crippen LogP contribution in [0, 0.1) is 0 Å². The minimum absolute atomic E-state index is 0.210. The van der Waals surface area contributed by atoms with Gasteiger partial charge in [-0.2, -0.15) is 0 Å². The molecule has 0 atom stereocenters. The van der Waals surface area contributed by atoms with E-state index in [4.69, 9.17) is 9.47 Å². The molecule has 20 heavy (non-hydrogen) atoms. The first-order valence-corrected chi connectivity index (χ1v) is 6.54. The van der Waals surface area contributed by atoms with Crippen molar-refractivity contribution in [1.29, 1.82) is 0 Å². The van der Waals surface area contributed by atoms with E-state index in [9.17, 15) is 9.59 Å². The van der Waals surface area contributed by atoms with Crippen molar-refractivity contribution in [3.8, 4) is 11.5 Å². The number of aldehydes is 1. The van der Waals surface area contributed by atoms with E-state index in [0.717, 1.165) is 4.47 Å². The number of hydrogen-bond donors (Lipinski definition) is 0. The third-order valence-corrected chi connectivity index (χ3v) is 3.08. The van der Waals surface area contributed by atoms with Gasteiger partial charge in [-0.05, 0) is 36.4 Å². The highest BCUT2D eigenvalue weighted by atomic mass is 79.9. The first kappa shape index (κ1) is 14.3. The second-order valence-electron chi connectivity index (χ2n) is 3.93. The van der Waals surface area contributed by atoms with Crippen molar-refractivity contribution in [3.63, 3.8) is 0 Å². The molecule has 0 aliphatic rings. The minimum atomic E-state index is -0.521. The second-order valence-corrected chi connectivity index (χ2v) is 4.84. The smallest absolute Gasteiger partial charge is 0.343 e. The van der Waals surface area contributed by atoms with Crippen LogP contribution in [0.5, 0.6) is 11.5 Å². The Balaban J connectivity index is 2.29. The van der Waals surface area contributed by atoms with Crippen LogP contribution in [-0.2, 0) is 0 Å². The van der Waals surface area contributed by atoms with Crippen LogP contribution in [0.15, 0.2) is 46.9 Å². The Labute approximate surface area is 124 Å². The van der Waals surface area contributed by atoms with E-state index < -0.39 is 5.97 Å². The average molecular weight is 335 g/mol. The Morgan fingerprint density at radius 2 is 1.95 bits per heavy atom. The fourth-order valence-electron chi connectivity index (χ4n) is 1.62. The number of carbonyl (C=O) groups excluding carboxylic acids is 2. The average Bonchev–Trinajstić information content (AvgIpc) is 2.47. The lowest BCUT2D eigenvalue weighted by Crippen LogP contribution is -2.09. The lowest BCUT2D eigenvalue weighted by atomic mass is 10.2. The van der Waals surface area contributed by atoms with Crippen LogP contribution < -0.4 is 9.47 Å². The molecular formula is C15H11BrO4. The molecule has 0 unspecified atom stereocenters. The summed E-state index contributed by atoms with van der Waals surface area (Å²) < 4.78 is 11.2. The van der Waals surface area contributed by atoms with Crippen LogP contribution in [0.2, 0.25) is 0 Å². The summed E-state index contributed by atoms with van der Waals surface area (Å²) in [6.07, 6.45) is 0.676. The molecule has 102 valence electrons. The van der Waals surface area contributed by atoms with Gasteiger partial charge in [-0.3, -0.25) is 4.79 Å². The summed E-state index contributed by atoms with van der Waals surface area (Å²) in [6, 6.07) is 11.5. The van der Waals surface area contributed by atoms with Gasteiger partial charge >= 0.3 is 5.97 Å². The van der Waals surface area contributed by atoms with Crippen LogP contribution in [0.25, 0.3) is 0 Å². The van der Waals surface area contributed by atoms with Crippen molar-refractivity contribution in [2.75, 3.05) is 7.11 Å². The molecule has 0 bridgehead atoms. The van der Waals surface area contributed by atoms with Gasteiger partial charge in [0.25, 0.3) is 0 Å². The van der Waals surface area contributed by atoms with Crippen molar-refractivity contribution in [2.45, 2.75) is 0 Å². The van der Waals surface area contributed by atoms with Gasteiger partial charge in [0.05, 0.1) is 12.7 Å². The summed E-state index contributed by atoms with van der Waals surface area (Å²) in [5.74, 6) is 0.0775. The molecule has 2 aromatic rings. The Hall–Kier alpha value is -2.14. The Morgan fingerprint density at radius 3 is 2.60 bits per heavy atom. The molecule has 0 amide bonds. The van der Waals surface area contributed by atoms with Gasteiger partial charge in [-0.25, -0.2) is 4.79 Å². The molecule has 0 saturated carbocycles. The first-order valence-electron chi connectivity index (χ1n) is 5.75. The lowest BCUT2D eigenvalue weighted by molar-refractivity contribution is 0.0729. The van der Waals surface area contributed by atoms with Crippen LogP contribution in [-0.4, -0.2) is 19.4 Å². The van der Waals surface area contributed by atoms with E-state index in [2.05, 4.69) is 15.9 Å². The van der Waals surface area contributed by atoms with Crippen LogP contribution in [0.1, 0.15) is 20.7 Å². The van der Waals surface area contributed by atoms with Crippen molar-refractivity contribution in [2.24, 2.45) is 0 Å². The first-order chi connectivity index (χ1) is 9.63. The van der Waals surface area contributed by atoms with Gasteiger partial charge in [0.2, 0.25) is 0 Å². The summed E-state index contributed by atoms with van der Waals surface area (Å²) in [6.45, 7) is 0. The van der Waals surface area contributed by atoms with E-state index in [-0.39, 0.29) is 5.75 Å². The topological polar surface area (TPSA) is 52.6 Å². The molecule has 0 saturated heterocycles. The summed E-state index contributed by atoms with van der Waals surface area (Å²) in [5, 5.41) is 0. The van der Waals surface area contributed by atoms with E-state index in [1.165, 1.54) is 13.2 Å². The predicted octanol–water partition coefficient (Wildman–Crippen LogP) is 3.49. The quantitative estimate of drug-likeness (QED) is 0.488. The highest BCUT2D eigenvalue weighted by molar-refractivity contribution is 9.10. The third-order valence-electron chi connectivity index (χ3n) is 2.59. The van der Waals surface area contributed by atoms with E-state index in [0.29, 0.717) is 23.2 Å². The van der Waals surface area contributed by atoms with Crippen LogP contribution in [0.3, 0.4) is 0 Å². The van der Waals surface area contributed by atoms with Gasteiger partial charge in [0, 0.05) is 10.0 Å². The van der Waals surface area contributed by atoms with Crippen molar-refractivity contribution < 1.29 is 19.1 Å². The molecule has 0 radical (unpaired) electrons. The van der Waals surface area contributed by atoms with Crippen LogP contribution >= 0.6 is 15.9 Å². The summed E-state index contributed by atoms with van der Waals surface area (Å²) in [7, 11) is 1.46. The number of ether oxygens (including phenoxy) is 2. The van der Waals surface area contributed by atoms with Crippen molar-refractivity contribution in [3.05, 3.63) is 58.1 Å². The molecule has 0 heterocycles. The highest BCUT2D eigenvalue weighted by Gasteiger charge is 2.13. The molecule has 2 aromatic carbocycles. The van der Waals surface area contributed by atoms with Crippen molar-refractivity contribution >= 4 is 28.2 Å². The van der Waals surface area contributed by atoms with Gasteiger partial charge in [-0.15, -0.1) is 0 Å². The predicted molar refractivity (Wildman–Crippen MR) is 77.5 cm³/mol. The minimum Gasteiger partial charge on any atom is -0.493 e. The lowest BCUT2D eigenvalue weighted by Gasteiger charge is -2.09. The molecule has 0 fully saturated rings.